The van der Waals surface area contributed by atoms with Crippen LogP contribution in [0.4, 0.5) is 0 Å². The summed E-state index contributed by atoms with van der Waals surface area (Å²) in [6.45, 7) is 3.18. The molecule has 1 saturated heterocycles. The Morgan fingerprint density at radius 3 is 2.84 bits per heavy atom. The molecule has 0 spiro atoms. The van der Waals surface area contributed by atoms with E-state index in [1.54, 1.807) is 28.8 Å². The third-order valence-electron chi connectivity index (χ3n) is 4.37. The molecule has 7 nitrogen and oxygen atoms in total. The Labute approximate surface area is 150 Å². The van der Waals surface area contributed by atoms with Gasteiger partial charge in [-0.2, -0.15) is 13.1 Å². The molecule has 2 aromatic heterocycles. The lowest BCUT2D eigenvalue weighted by molar-refractivity contribution is 0.255. The minimum absolute atomic E-state index is 0.248. The van der Waals surface area contributed by atoms with Crippen molar-refractivity contribution in [3.05, 3.63) is 42.4 Å². The summed E-state index contributed by atoms with van der Waals surface area (Å²) in [5, 5.41) is 0. The van der Waals surface area contributed by atoms with Gasteiger partial charge < -0.3 is 4.42 Å². The van der Waals surface area contributed by atoms with E-state index in [1.165, 1.54) is 0 Å². The van der Waals surface area contributed by atoms with Crippen LogP contribution in [0.25, 0.3) is 11.0 Å². The molecular formula is C16H18N4O3S2. The van der Waals surface area contributed by atoms with Crippen LogP contribution in [0.15, 0.2) is 45.9 Å². The van der Waals surface area contributed by atoms with Crippen LogP contribution in [0, 0.1) is 0 Å². The molecule has 132 valence electrons. The molecule has 1 aromatic carbocycles. The summed E-state index contributed by atoms with van der Waals surface area (Å²) in [5.41, 5.74) is 1.09. The third-order valence-corrected chi connectivity index (χ3v) is 6.85. The molecule has 1 aliphatic heterocycles. The first kappa shape index (κ1) is 16.6. The molecule has 1 fully saturated rings. The van der Waals surface area contributed by atoms with Crippen LogP contribution in [-0.2, 0) is 16.6 Å². The van der Waals surface area contributed by atoms with Gasteiger partial charge in [-0.3, -0.25) is 4.90 Å². The monoisotopic (exact) mass is 378 g/mol. The SMILES string of the molecule is O=S(=O)(c1cccc2nsnc12)N1CCCN(Cc2ccco2)CC1. The summed E-state index contributed by atoms with van der Waals surface area (Å²) in [5.74, 6) is 0.898. The first-order chi connectivity index (χ1) is 12.1. The number of nitrogens with zero attached hydrogens (tertiary/aromatic N) is 4. The highest BCUT2D eigenvalue weighted by molar-refractivity contribution is 7.89. The zero-order valence-electron chi connectivity index (χ0n) is 13.5. The normalized spacial score (nSPS) is 17.8. The number of hydrogen-bond donors (Lipinski definition) is 0. The van der Waals surface area contributed by atoms with Crippen molar-refractivity contribution in [2.75, 3.05) is 26.2 Å². The minimum atomic E-state index is -3.58. The van der Waals surface area contributed by atoms with Crippen LogP contribution in [0.5, 0.6) is 0 Å². The molecule has 3 heterocycles. The zero-order chi connectivity index (χ0) is 17.3. The van der Waals surface area contributed by atoms with Gasteiger partial charge >= 0.3 is 0 Å². The van der Waals surface area contributed by atoms with Gasteiger partial charge in [-0.15, -0.1) is 0 Å². The molecule has 9 heteroatoms. The Bertz CT molecular complexity index is 953. The largest absolute Gasteiger partial charge is 0.468 e. The number of rotatable bonds is 4. The quantitative estimate of drug-likeness (QED) is 0.692. The van der Waals surface area contributed by atoms with Crippen molar-refractivity contribution >= 4 is 32.8 Å². The van der Waals surface area contributed by atoms with Gasteiger partial charge in [-0.25, -0.2) is 8.42 Å². The Morgan fingerprint density at radius 1 is 1.08 bits per heavy atom. The standard InChI is InChI=1S/C16H18N4O3S2/c21-25(22,15-6-1-5-14-16(15)18-24-17-14)20-8-3-7-19(9-10-20)12-13-4-2-11-23-13/h1-2,4-6,11H,3,7-10,12H2. The van der Waals surface area contributed by atoms with E-state index < -0.39 is 10.0 Å². The smallest absolute Gasteiger partial charge is 0.245 e. The summed E-state index contributed by atoms with van der Waals surface area (Å²) in [7, 11) is -3.58. The van der Waals surface area contributed by atoms with Gasteiger partial charge in [0.2, 0.25) is 10.0 Å². The van der Waals surface area contributed by atoms with E-state index in [0.29, 0.717) is 37.2 Å². The summed E-state index contributed by atoms with van der Waals surface area (Å²) >= 11 is 1.03. The van der Waals surface area contributed by atoms with Gasteiger partial charge in [0.15, 0.2) is 0 Å². The molecule has 0 amide bonds. The summed E-state index contributed by atoms with van der Waals surface area (Å²) < 4.78 is 41.5. The second-order valence-corrected chi connectivity index (χ2v) is 8.44. The fourth-order valence-corrected chi connectivity index (χ4v) is 5.32. The number of fused-ring (bicyclic) bond motifs is 1. The maximum absolute atomic E-state index is 13.1. The maximum Gasteiger partial charge on any atom is 0.245 e. The molecule has 4 rings (SSSR count). The lowest BCUT2D eigenvalue weighted by Gasteiger charge is -2.21. The van der Waals surface area contributed by atoms with Gasteiger partial charge in [0, 0.05) is 19.6 Å². The van der Waals surface area contributed by atoms with Crippen LogP contribution < -0.4 is 0 Å². The van der Waals surface area contributed by atoms with Gasteiger partial charge in [0.05, 0.1) is 24.5 Å². The first-order valence-corrected chi connectivity index (χ1v) is 10.3. The second-order valence-electron chi connectivity index (χ2n) is 6.00. The van der Waals surface area contributed by atoms with Crippen LogP contribution in [-0.4, -0.2) is 52.5 Å². The van der Waals surface area contributed by atoms with Crippen molar-refractivity contribution < 1.29 is 12.8 Å². The molecule has 0 atom stereocenters. The highest BCUT2D eigenvalue weighted by atomic mass is 32.2. The van der Waals surface area contributed by atoms with E-state index in [1.807, 2.05) is 12.1 Å². The van der Waals surface area contributed by atoms with E-state index in [0.717, 1.165) is 30.5 Å². The van der Waals surface area contributed by atoms with Crippen LogP contribution in [0.1, 0.15) is 12.2 Å². The third kappa shape index (κ3) is 3.32. The molecule has 3 aromatic rings. The maximum atomic E-state index is 13.1. The topological polar surface area (TPSA) is 79.5 Å². The first-order valence-electron chi connectivity index (χ1n) is 8.11. The van der Waals surface area contributed by atoms with Crippen molar-refractivity contribution in [3.63, 3.8) is 0 Å². The van der Waals surface area contributed by atoms with Gasteiger partial charge in [0.1, 0.15) is 21.7 Å². The molecule has 0 bridgehead atoms. The number of hydrogen-bond acceptors (Lipinski definition) is 7. The molecule has 0 aliphatic carbocycles. The number of aromatic nitrogens is 2. The summed E-state index contributed by atoms with van der Waals surface area (Å²) in [6, 6.07) is 8.93. The fourth-order valence-electron chi connectivity index (χ4n) is 3.10. The van der Waals surface area contributed by atoms with Crippen LogP contribution in [0.2, 0.25) is 0 Å². The van der Waals surface area contributed by atoms with Gasteiger partial charge in [0.25, 0.3) is 0 Å². The van der Waals surface area contributed by atoms with Crippen molar-refractivity contribution in [2.45, 2.75) is 17.9 Å². The molecule has 0 radical (unpaired) electrons. The molecule has 1 aliphatic rings. The lowest BCUT2D eigenvalue weighted by atomic mass is 10.3. The van der Waals surface area contributed by atoms with Gasteiger partial charge in [-0.05, 0) is 37.2 Å². The highest BCUT2D eigenvalue weighted by Gasteiger charge is 2.29. The number of benzene rings is 1. The predicted molar refractivity (Wildman–Crippen MR) is 94.8 cm³/mol. The summed E-state index contributed by atoms with van der Waals surface area (Å²) in [4.78, 5) is 2.47. The van der Waals surface area contributed by atoms with E-state index in [-0.39, 0.29) is 4.90 Å². The molecule has 25 heavy (non-hydrogen) atoms. The average Bonchev–Trinajstić information content (AvgIpc) is 3.22. The van der Waals surface area contributed by atoms with Crippen molar-refractivity contribution in [1.82, 2.24) is 18.0 Å². The Hall–Kier alpha value is -1.81. The number of furan rings is 1. The molecule has 0 saturated carbocycles. The minimum Gasteiger partial charge on any atom is -0.468 e. The van der Waals surface area contributed by atoms with Gasteiger partial charge in [-0.1, -0.05) is 6.07 Å². The molecule has 0 N–H and O–H groups in total. The van der Waals surface area contributed by atoms with Crippen molar-refractivity contribution in [2.24, 2.45) is 0 Å². The highest BCUT2D eigenvalue weighted by Crippen LogP contribution is 2.25. The Balaban J connectivity index is 1.54. The Morgan fingerprint density at radius 2 is 2.00 bits per heavy atom. The Kier molecular flexibility index (Phi) is 4.55. The van der Waals surface area contributed by atoms with Crippen LogP contribution >= 0.6 is 11.7 Å². The fraction of sp³-hybridized carbons (Fsp3) is 0.375. The second kappa shape index (κ2) is 6.83. The van der Waals surface area contributed by atoms with Crippen molar-refractivity contribution in [1.29, 1.82) is 0 Å². The van der Waals surface area contributed by atoms with E-state index >= 15 is 0 Å². The summed E-state index contributed by atoms with van der Waals surface area (Å²) in [6.07, 6.45) is 2.44. The molecule has 0 unspecified atom stereocenters. The molecular weight excluding hydrogens is 360 g/mol. The van der Waals surface area contributed by atoms with Crippen LogP contribution in [0.3, 0.4) is 0 Å². The lowest BCUT2D eigenvalue weighted by Crippen LogP contribution is -2.35. The van der Waals surface area contributed by atoms with E-state index in [2.05, 4.69) is 13.6 Å². The zero-order valence-corrected chi connectivity index (χ0v) is 15.2. The van der Waals surface area contributed by atoms with Crippen molar-refractivity contribution in [3.8, 4) is 0 Å². The average molecular weight is 378 g/mol. The van der Waals surface area contributed by atoms with E-state index in [4.69, 9.17) is 4.42 Å². The number of sulfonamides is 1. The van der Waals surface area contributed by atoms with E-state index in [9.17, 15) is 8.42 Å². The predicted octanol–water partition coefficient (Wildman–Crippen LogP) is 2.18.